The van der Waals surface area contributed by atoms with Crippen LogP contribution in [0.2, 0.25) is 0 Å². The number of allylic oxidation sites excluding steroid dienone is 2. The van der Waals surface area contributed by atoms with Gasteiger partial charge in [-0.1, -0.05) is 41.5 Å². The number of rotatable bonds is 5. The van der Waals surface area contributed by atoms with Gasteiger partial charge in [-0.05, 0) is 67.1 Å². The average molecular weight is 429 g/mol. The van der Waals surface area contributed by atoms with E-state index in [-0.39, 0.29) is 22.5 Å². The van der Waals surface area contributed by atoms with Gasteiger partial charge in [0, 0.05) is 49.2 Å². The van der Waals surface area contributed by atoms with E-state index in [4.69, 9.17) is 0 Å². The zero-order valence-corrected chi connectivity index (χ0v) is 20.7. The van der Waals surface area contributed by atoms with E-state index in [1.807, 2.05) is 6.08 Å². The summed E-state index contributed by atoms with van der Waals surface area (Å²) >= 11 is 0. The summed E-state index contributed by atoms with van der Waals surface area (Å²) in [5, 5.41) is 3.68. The Kier molecular flexibility index (Phi) is 6.07. The number of hydrogen-bond donors (Lipinski definition) is 1. The highest BCUT2D eigenvalue weighted by atomic mass is 16.2. The van der Waals surface area contributed by atoms with Crippen LogP contribution in [0.5, 0.6) is 0 Å². The number of carbonyl (C=O) groups is 2. The van der Waals surface area contributed by atoms with E-state index in [1.165, 1.54) is 18.5 Å². The molecule has 174 valence electrons. The topological polar surface area (TPSA) is 49.4 Å². The van der Waals surface area contributed by atoms with Crippen molar-refractivity contribution in [2.24, 2.45) is 46.3 Å². The van der Waals surface area contributed by atoms with Gasteiger partial charge >= 0.3 is 0 Å². The molecule has 3 aliphatic carbocycles. The molecular formula is C27H44N2O2. The molecule has 0 spiro atoms. The molecule has 0 aromatic carbocycles. The summed E-state index contributed by atoms with van der Waals surface area (Å²) in [6.07, 6.45) is 8.14. The van der Waals surface area contributed by atoms with Crippen LogP contribution in [-0.2, 0) is 9.59 Å². The van der Waals surface area contributed by atoms with Crippen molar-refractivity contribution < 1.29 is 9.59 Å². The van der Waals surface area contributed by atoms with E-state index in [9.17, 15) is 9.59 Å². The molecule has 0 aromatic heterocycles. The highest BCUT2D eigenvalue weighted by Gasteiger charge is 2.60. The lowest BCUT2D eigenvalue weighted by atomic mass is 9.50. The molecule has 0 bridgehead atoms. The zero-order chi connectivity index (χ0) is 22.6. The Hall–Kier alpha value is -1.32. The molecule has 4 rings (SSSR count). The van der Waals surface area contributed by atoms with Gasteiger partial charge in [0.05, 0.1) is 0 Å². The number of fused-ring (bicyclic) bond motifs is 5. The van der Waals surface area contributed by atoms with E-state index in [0.29, 0.717) is 41.9 Å². The minimum atomic E-state index is 0.113. The summed E-state index contributed by atoms with van der Waals surface area (Å²) in [5.41, 5.74) is 1.43. The Morgan fingerprint density at radius 3 is 2.39 bits per heavy atom. The first-order chi connectivity index (χ1) is 14.6. The third kappa shape index (κ3) is 3.86. The number of hydrogen-bond acceptors (Lipinski definition) is 3. The fourth-order valence-corrected chi connectivity index (χ4v) is 7.91. The molecule has 2 saturated carbocycles. The molecule has 0 aromatic rings. The van der Waals surface area contributed by atoms with Crippen LogP contribution < -0.4 is 5.32 Å². The second-order valence-electron chi connectivity index (χ2n) is 12.4. The fraction of sp³-hybridized carbons (Fsp3) is 0.852. The van der Waals surface area contributed by atoms with Gasteiger partial charge in [-0.15, -0.1) is 0 Å². The van der Waals surface area contributed by atoms with Crippen LogP contribution in [0, 0.1) is 46.3 Å². The lowest BCUT2D eigenvalue weighted by molar-refractivity contribution is -0.144. The number of carbonyl (C=O) groups excluding carboxylic acids is 2. The smallest absolute Gasteiger partial charge is 0.226 e. The highest BCUT2D eigenvalue weighted by molar-refractivity contribution is 5.91. The first kappa shape index (κ1) is 22.9. The number of ketones is 1. The lowest BCUT2D eigenvalue weighted by Crippen LogP contribution is -2.57. The second-order valence-corrected chi connectivity index (χ2v) is 12.4. The van der Waals surface area contributed by atoms with E-state index < -0.39 is 0 Å². The van der Waals surface area contributed by atoms with Crippen LogP contribution >= 0.6 is 0 Å². The maximum atomic E-state index is 13.8. The number of nitrogens with one attached hydrogen (secondary N) is 1. The van der Waals surface area contributed by atoms with Gasteiger partial charge in [0.25, 0.3) is 0 Å². The minimum Gasteiger partial charge on any atom is -0.387 e. The van der Waals surface area contributed by atoms with Gasteiger partial charge < -0.3 is 10.2 Å². The Morgan fingerprint density at radius 2 is 1.74 bits per heavy atom. The normalized spacial score (nSPS) is 39.5. The van der Waals surface area contributed by atoms with Crippen LogP contribution in [0.15, 0.2) is 11.8 Å². The van der Waals surface area contributed by atoms with Gasteiger partial charge in [-0.25, -0.2) is 0 Å². The van der Waals surface area contributed by atoms with Crippen LogP contribution in [0.1, 0.15) is 80.1 Å². The van der Waals surface area contributed by atoms with Crippen molar-refractivity contribution in [3.63, 3.8) is 0 Å². The van der Waals surface area contributed by atoms with Crippen molar-refractivity contribution in [1.82, 2.24) is 10.2 Å². The third-order valence-corrected chi connectivity index (χ3v) is 9.38. The second kappa shape index (κ2) is 8.23. The number of amides is 1. The van der Waals surface area contributed by atoms with E-state index in [0.717, 1.165) is 38.9 Å². The molecule has 0 radical (unpaired) electrons. The standard InChI is InChI=1S/C27H44N2O2/c1-17(2)15-29(16-18(3)4)25(31)23-8-7-21-20-14-28-24-13-19(30)9-11-27(24,6)22(20)10-12-26(21,23)5/h13,17-18,20-23,28H,7-12,14-16H2,1-6H3/t20-,21-,22-,23+,26-,27+/m0/s1. The Labute approximate surface area is 189 Å². The van der Waals surface area contributed by atoms with Crippen molar-refractivity contribution in [1.29, 1.82) is 0 Å². The van der Waals surface area contributed by atoms with Gasteiger partial charge in [0.1, 0.15) is 0 Å². The molecule has 1 saturated heterocycles. The molecule has 6 atom stereocenters. The Balaban J connectivity index is 1.56. The first-order valence-corrected chi connectivity index (χ1v) is 12.8. The Morgan fingerprint density at radius 1 is 1.06 bits per heavy atom. The predicted octanol–water partition coefficient (Wildman–Crippen LogP) is 5.04. The van der Waals surface area contributed by atoms with Crippen LogP contribution in [0.4, 0.5) is 0 Å². The summed E-state index contributed by atoms with van der Waals surface area (Å²) in [6, 6.07) is 0. The van der Waals surface area contributed by atoms with E-state index >= 15 is 0 Å². The Bertz CT molecular complexity index is 746. The van der Waals surface area contributed by atoms with Gasteiger partial charge in [0.15, 0.2) is 5.78 Å². The highest BCUT2D eigenvalue weighted by Crippen LogP contribution is 2.64. The zero-order valence-electron chi connectivity index (χ0n) is 20.7. The molecule has 3 fully saturated rings. The molecule has 31 heavy (non-hydrogen) atoms. The quantitative estimate of drug-likeness (QED) is 0.667. The summed E-state index contributed by atoms with van der Waals surface area (Å²) < 4.78 is 0. The van der Waals surface area contributed by atoms with Crippen LogP contribution in [-0.4, -0.2) is 36.2 Å². The number of nitrogens with zero attached hydrogens (tertiary/aromatic N) is 1. The van der Waals surface area contributed by atoms with E-state index in [1.54, 1.807) is 0 Å². The monoisotopic (exact) mass is 428 g/mol. The summed E-state index contributed by atoms with van der Waals surface area (Å²) in [4.78, 5) is 28.0. The van der Waals surface area contributed by atoms with Crippen molar-refractivity contribution in [2.75, 3.05) is 19.6 Å². The summed E-state index contributed by atoms with van der Waals surface area (Å²) in [6.45, 7) is 16.4. The molecule has 1 amide bonds. The molecule has 1 N–H and O–H groups in total. The first-order valence-electron chi connectivity index (χ1n) is 12.8. The largest absolute Gasteiger partial charge is 0.387 e. The summed E-state index contributed by atoms with van der Waals surface area (Å²) in [7, 11) is 0. The van der Waals surface area contributed by atoms with Crippen molar-refractivity contribution in [3.05, 3.63) is 11.8 Å². The molecular weight excluding hydrogens is 384 g/mol. The van der Waals surface area contributed by atoms with Crippen molar-refractivity contribution >= 4 is 11.7 Å². The van der Waals surface area contributed by atoms with Gasteiger partial charge in [-0.2, -0.15) is 0 Å². The molecule has 0 unspecified atom stereocenters. The molecule has 1 aliphatic heterocycles. The maximum Gasteiger partial charge on any atom is 0.226 e. The molecule has 4 heteroatoms. The summed E-state index contributed by atoms with van der Waals surface area (Å²) in [5.74, 6) is 3.76. The van der Waals surface area contributed by atoms with Crippen molar-refractivity contribution in [3.8, 4) is 0 Å². The lowest BCUT2D eigenvalue weighted by Gasteiger charge is -2.58. The van der Waals surface area contributed by atoms with Crippen LogP contribution in [0.3, 0.4) is 0 Å². The maximum absolute atomic E-state index is 13.8. The predicted molar refractivity (Wildman–Crippen MR) is 125 cm³/mol. The molecule has 1 heterocycles. The minimum absolute atomic E-state index is 0.113. The third-order valence-electron chi connectivity index (χ3n) is 9.38. The average Bonchev–Trinajstić information content (AvgIpc) is 3.04. The number of piperidine rings is 1. The molecule has 4 aliphatic rings. The van der Waals surface area contributed by atoms with Crippen LogP contribution in [0.25, 0.3) is 0 Å². The SMILES string of the molecule is CC(C)CN(CC(C)C)C(=O)[C@H]1CC[C@H]2[C@@H]3CNC4=CC(=O)CC[C@]4(C)[C@H]3CC[C@]12C. The van der Waals surface area contributed by atoms with Gasteiger partial charge in [0.2, 0.25) is 5.91 Å². The fourth-order valence-electron chi connectivity index (χ4n) is 7.91. The van der Waals surface area contributed by atoms with Crippen molar-refractivity contribution in [2.45, 2.75) is 80.1 Å². The van der Waals surface area contributed by atoms with E-state index in [2.05, 4.69) is 51.8 Å². The molecule has 4 nitrogen and oxygen atoms in total. The van der Waals surface area contributed by atoms with Gasteiger partial charge in [-0.3, -0.25) is 9.59 Å².